The Morgan fingerprint density at radius 2 is 2.00 bits per heavy atom. The van der Waals surface area contributed by atoms with Gasteiger partial charge in [0.25, 0.3) is 5.56 Å². The van der Waals surface area contributed by atoms with Crippen molar-refractivity contribution in [3.05, 3.63) is 45.7 Å². The summed E-state index contributed by atoms with van der Waals surface area (Å²) in [5.41, 5.74) is 2.57. The fourth-order valence-corrected chi connectivity index (χ4v) is 2.16. The van der Waals surface area contributed by atoms with Crippen LogP contribution in [0.3, 0.4) is 0 Å². The lowest BCUT2D eigenvalue weighted by molar-refractivity contribution is -0.143. The molecule has 19 heavy (non-hydrogen) atoms. The molecule has 1 heterocycles. The molecule has 4 heteroatoms. The van der Waals surface area contributed by atoms with Crippen molar-refractivity contribution in [2.24, 2.45) is 0 Å². The van der Waals surface area contributed by atoms with Gasteiger partial charge in [-0.2, -0.15) is 0 Å². The molecule has 0 spiro atoms. The lowest BCUT2D eigenvalue weighted by Crippen LogP contribution is -2.25. The van der Waals surface area contributed by atoms with Gasteiger partial charge in [-0.05, 0) is 38.0 Å². The number of hydrogen-bond acceptors (Lipinski definition) is 3. The smallest absolute Gasteiger partial charge is 0.326 e. The van der Waals surface area contributed by atoms with Crippen molar-refractivity contribution in [3.63, 3.8) is 0 Å². The number of nitrogens with zero attached hydrogens (tertiary/aromatic N) is 1. The monoisotopic (exact) mass is 259 g/mol. The van der Waals surface area contributed by atoms with E-state index in [-0.39, 0.29) is 12.1 Å². The second kappa shape index (κ2) is 5.26. The highest BCUT2D eigenvalue weighted by Gasteiger charge is 2.10. The van der Waals surface area contributed by atoms with Gasteiger partial charge in [0.15, 0.2) is 0 Å². The van der Waals surface area contributed by atoms with E-state index in [0.29, 0.717) is 6.61 Å². The minimum absolute atomic E-state index is 0.0487. The third kappa shape index (κ3) is 2.67. The van der Waals surface area contributed by atoms with Gasteiger partial charge in [0.05, 0.1) is 12.1 Å². The second-order valence-corrected chi connectivity index (χ2v) is 4.58. The van der Waals surface area contributed by atoms with Crippen LogP contribution in [-0.2, 0) is 16.1 Å². The molecule has 0 aliphatic heterocycles. The molecule has 0 bridgehead atoms. The van der Waals surface area contributed by atoms with Crippen LogP contribution in [0.4, 0.5) is 0 Å². The van der Waals surface area contributed by atoms with Crippen LogP contribution in [0.2, 0.25) is 0 Å². The topological polar surface area (TPSA) is 48.3 Å². The van der Waals surface area contributed by atoms with Crippen molar-refractivity contribution in [1.29, 1.82) is 0 Å². The van der Waals surface area contributed by atoms with Crippen molar-refractivity contribution in [1.82, 2.24) is 4.57 Å². The molecule has 0 saturated carbocycles. The van der Waals surface area contributed by atoms with Crippen LogP contribution < -0.4 is 5.56 Å². The van der Waals surface area contributed by atoms with Gasteiger partial charge in [-0.3, -0.25) is 14.2 Å². The van der Waals surface area contributed by atoms with E-state index in [1.54, 1.807) is 13.0 Å². The highest BCUT2D eigenvalue weighted by Crippen LogP contribution is 2.18. The van der Waals surface area contributed by atoms with Crippen LogP contribution in [-0.4, -0.2) is 17.1 Å². The fraction of sp³-hybridized carbons (Fsp3) is 0.333. The SMILES string of the molecule is CCOC(=O)Cn1c(=O)cc(C)c2ccc(C)cc21. The minimum atomic E-state index is -0.392. The van der Waals surface area contributed by atoms with Crippen molar-refractivity contribution in [2.45, 2.75) is 27.3 Å². The lowest BCUT2D eigenvalue weighted by Gasteiger charge is -2.12. The first-order valence-corrected chi connectivity index (χ1v) is 6.29. The second-order valence-electron chi connectivity index (χ2n) is 4.58. The maximum absolute atomic E-state index is 12.1. The maximum atomic E-state index is 12.1. The van der Waals surface area contributed by atoms with Gasteiger partial charge in [-0.1, -0.05) is 12.1 Å². The van der Waals surface area contributed by atoms with Crippen LogP contribution in [0.15, 0.2) is 29.1 Å². The predicted molar refractivity (Wildman–Crippen MR) is 74.3 cm³/mol. The standard InChI is InChI=1S/C15H17NO3/c1-4-19-15(18)9-16-13-7-10(2)5-6-12(13)11(3)8-14(16)17/h5-8H,4,9H2,1-3H3. The summed E-state index contributed by atoms with van der Waals surface area (Å²) in [5.74, 6) is -0.392. The first-order valence-electron chi connectivity index (χ1n) is 6.29. The number of hydrogen-bond donors (Lipinski definition) is 0. The summed E-state index contributed by atoms with van der Waals surface area (Å²) < 4.78 is 6.38. The average Bonchev–Trinajstić information content (AvgIpc) is 2.34. The van der Waals surface area contributed by atoms with E-state index in [0.717, 1.165) is 22.0 Å². The number of pyridine rings is 1. The highest BCUT2D eigenvalue weighted by atomic mass is 16.5. The highest BCUT2D eigenvalue weighted by molar-refractivity contribution is 5.84. The quantitative estimate of drug-likeness (QED) is 0.794. The molecule has 0 radical (unpaired) electrons. The number of aryl methyl sites for hydroxylation is 2. The van der Waals surface area contributed by atoms with E-state index in [9.17, 15) is 9.59 Å². The van der Waals surface area contributed by atoms with E-state index in [1.165, 1.54) is 4.57 Å². The third-order valence-corrected chi connectivity index (χ3v) is 3.07. The summed E-state index contributed by atoms with van der Waals surface area (Å²) in [5, 5.41) is 0.981. The van der Waals surface area contributed by atoms with Crippen LogP contribution in [0, 0.1) is 13.8 Å². The average molecular weight is 259 g/mol. The van der Waals surface area contributed by atoms with Crippen molar-refractivity contribution in [2.75, 3.05) is 6.61 Å². The number of aromatic nitrogens is 1. The Morgan fingerprint density at radius 3 is 2.68 bits per heavy atom. The Hall–Kier alpha value is -2.10. The molecular formula is C15H17NO3. The molecule has 0 fully saturated rings. The zero-order chi connectivity index (χ0) is 14.0. The molecule has 0 atom stereocenters. The van der Waals surface area contributed by atoms with Crippen molar-refractivity contribution in [3.8, 4) is 0 Å². The van der Waals surface area contributed by atoms with Gasteiger partial charge < -0.3 is 4.74 Å². The van der Waals surface area contributed by atoms with Crippen molar-refractivity contribution < 1.29 is 9.53 Å². The van der Waals surface area contributed by atoms with Crippen LogP contribution in [0.25, 0.3) is 10.9 Å². The Balaban J connectivity index is 2.62. The number of carbonyl (C=O) groups is 1. The number of fused-ring (bicyclic) bond motifs is 1. The number of rotatable bonds is 3. The summed E-state index contributed by atoms with van der Waals surface area (Å²) in [6.07, 6.45) is 0. The van der Waals surface area contributed by atoms with Crippen LogP contribution in [0.1, 0.15) is 18.1 Å². The molecule has 0 saturated heterocycles. The minimum Gasteiger partial charge on any atom is -0.465 e. The summed E-state index contributed by atoms with van der Waals surface area (Å²) in [6, 6.07) is 7.44. The lowest BCUT2D eigenvalue weighted by atomic mass is 10.1. The normalized spacial score (nSPS) is 10.7. The van der Waals surface area contributed by atoms with E-state index >= 15 is 0 Å². The van der Waals surface area contributed by atoms with Crippen LogP contribution >= 0.6 is 0 Å². The number of benzene rings is 1. The van der Waals surface area contributed by atoms with Gasteiger partial charge in [-0.25, -0.2) is 0 Å². The molecule has 0 amide bonds. The van der Waals surface area contributed by atoms with Gasteiger partial charge in [-0.15, -0.1) is 0 Å². The summed E-state index contributed by atoms with van der Waals surface area (Å²) in [4.78, 5) is 23.7. The Bertz CT molecular complexity index is 686. The Morgan fingerprint density at radius 1 is 1.26 bits per heavy atom. The summed E-state index contributed by atoms with van der Waals surface area (Å²) >= 11 is 0. The Kier molecular flexibility index (Phi) is 3.69. The molecule has 100 valence electrons. The Labute approximate surface area is 111 Å². The molecule has 4 nitrogen and oxygen atoms in total. The number of ether oxygens (including phenoxy) is 1. The maximum Gasteiger partial charge on any atom is 0.326 e. The molecule has 0 unspecified atom stereocenters. The molecule has 0 aliphatic carbocycles. The molecule has 1 aromatic heterocycles. The number of carbonyl (C=O) groups excluding carboxylic acids is 1. The molecular weight excluding hydrogens is 242 g/mol. The summed E-state index contributed by atoms with van der Waals surface area (Å²) in [7, 11) is 0. The fourth-order valence-electron chi connectivity index (χ4n) is 2.16. The number of esters is 1. The van der Waals surface area contributed by atoms with E-state index in [2.05, 4.69) is 0 Å². The van der Waals surface area contributed by atoms with Gasteiger partial charge in [0.2, 0.25) is 0 Å². The first-order chi connectivity index (χ1) is 9.02. The van der Waals surface area contributed by atoms with Gasteiger partial charge in [0, 0.05) is 11.5 Å². The summed E-state index contributed by atoms with van der Waals surface area (Å²) in [6.45, 7) is 5.87. The first kappa shape index (κ1) is 13.3. The largest absolute Gasteiger partial charge is 0.465 e. The predicted octanol–water partition coefficient (Wildman–Crippen LogP) is 2.18. The van der Waals surface area contributed by atoms with E-state index in [1.807, 2.05) is 32.0 Å². The van der Waals surface area contributed by atoms with Crippen molar-refractivity contribution >= 4 is 16.9 Å². The van der Waals surface area contributed by atoms with Gasteiger partial charge in [0.1, 0.15) is 6.54 Å². The van der Waals surface area contributed by atoms with E-state index in [4.69, 9.17) is 4.74 Å². The zero-order valence-electron chi connectivity index (χ0n) is 11.4. The molecule has 0 aliphatic rings. The van der Waals surface area contributed by atoms with Crippen LogP contribution in [0.5, 0.6) is 0 Å². The molecule has 0 N–H and O–H groups in total. The van der Waals surface area contributed by atoms with E-state index < -0.39 is 5.97 Å². The molecule has 2 aromatic rings. The molecule has 1 aromatic carbocycles. The zero-order valence-corrected chi connectivity index (χ0v) is 11.4. The van der Waals surface area contributed by atoms with Gasteiger partial charge >= 0.3 is 5.97 Å². The third-order valence-electron chi connectivity index (χ3n) is 3.07. The molecule has 2 rings (SSSR count).